The van der Waals surface area contributed by atoms with Crippen molar-refractivity contribution < 1.29 is 4.74 Å². The number of hydrogen-bond acceptors (Lipinski definition) is 1. The SMILES string of the molecule is CCCCCC1(C2(C)C=CC=CC2C)C(c2ccccc2)=C(OC)C(Cc2ccccc2)=C(c2ccccc2)C1(Cc1ccccc1)C1CCCCC1. The average Bonchev–Trinajstić information content (AvgIpc) is 3.21. The van der Waals surface area contributed by atoms with Crippen LogP contribution < -0.4 is 0 Å². The number of benzene rings is 4. The van der Waals surface area contributed by atoms with E-state index in [9.17, 15) is 0 Å². The van der Waals surface area contributed by atoms with Gasteiger partial charge in [-0.2, -0.15) is 0 Å². The molecule has 0 heterocycles. The molecule has 1 fully saturated rings. The van der Waals surface area contributed by atoms with Crippen LogP contribution in [0.15, 0.2) is 157 Å². The van der Waals surface area contributed by atoms with Crippen LogP contribution in [0.4, 0.5) is 0 Å². The van der Waals surface area contributed by atoms with Crippen molar-refractivity contribution in [3.8, 4) is 0 Å². The van der Waals surface area contributed by atoms with E-state index in [-0.39, 0.29) is 16.2 Å². The Labute approximate surface area is 320 Å². The molecule has 0 saturated heterocycles. The van der Waals surface area contributed by atoms with Crippen LogP contribution in [-0.2, 0) is 17.6 Å². The van der Waals surface area contributed by atoms with Gasteiger partial charge in [-0.25, -0.2) is 0 Å². The molecule has 274 valence electrons. The first-order valence-electron chi connectivity index (χ1n) is 20.6. The van der Waals surface area contributed by atoms with Crippen molar-refractivity contribution >= 4 is 11.1 Å². The lowest BCUT2D eigenvalue weighted by atomic mass is 9.35. The van der Waals surface area contributed by atoms with Crippen molar-refractivity contribution in [3.63, 3.8) is 0 Å². The van der Waals surface area contributed by atoms with Crippen molar-refractivity contribution in [1.82, 2.24) is 0 Å². The highest BCUT2D eigenvalue weighted by Gasteiger charge is 2.69. The van der Waals surface area contributed by atoms with Gasteiger partial charge >= 0.3 is 0 Å². The molecule has 0 aromatic heterocycles. The van der Waals surface area contributed by atoms with Crippen LogP contribution in [0.2, 0.25) is 0 Å². The fourth-order valence-corrected chi connectivity index (χ4v) is 11.2. The molecular weight excluding hydrogens is 641 g/mol. The normalized spacial score (nSPS) is 26.2. The molecule has 7 rings (SSSR count). The number of hydrogen-bond donors (Lipinski definition) is 0. The maximum atomic E-state index is 7.04. The average molecular weight is 701 g/mol. The Bertz CT molecular complexity index is 1910. The molecule has 0 bridgehead atoms. The summed E-state index contributed by atoms with van der Waals surface area (Å²) in [5.74, 6) is 1.89. The maximum absolute atomic E-state index is 7.04. The predicted molar refractivity (Wildman–Crippen MR) is 225 cm³/mol. The van der Waals surface area contributed by atoms with Gasteiger partial charge in [0.05, 0.1) is 7.11 Å². The molecule has 0 spiro atoms. The van der Waals surface area contributed by atoms with E-state index in [1.807, 2.05) is 7.11 Å². The van der Waals surface area contributed by atoms with E-state index >= 15 is 0 Å². The van der Waals surface area contributed by atoms with E-state index in [1.165, 1.54) is 90.3 Å². The molecule has 4 unspecified atom stereocenters. The van der Waals surface area contributed by atoms with Crippen LogP contribution in [0.3, 0.4) is 0 Å². The van der Waals surface area contributed by atoms with Gasteiger partial charge in [0.1, 0.15) is 5.76 Å². The molecule has 4 aromatic carbocycles. The van der Waals surface area contributed by atoms with Crippen molar-refractivity contribution in [2.45, 2.75) is 91.4 Å². The van der Waals surface area contributed by atoms with E-state index in [0.717, 1.165) is 25.0 Å². The highest BCUT2D eigenvalue weighted by Crippen LogP contribution is 2.76. The van der Waals surface area contributed by atoms with Crippen LogP contribution in [-0.4, -0.2) is 7.11 Å². The van der Waals surface area contributed by atoms with E-state index in [4.69, 9.17) is 4.74 Å². The van der Waals surface area contributed by atoms with Crippen molar-refractivity contribution in [1.29, 1.82) is 0 Å². The number of allylic oxidation sites excluding steroid dienone is 7. The Hall–Kier alpha value is -4.36. The number of methoxy groups -OCH3 is 1. The molecule has 0 amide bonds. The molecule has 4 aromatic rings. The van der Waals surface area contributed by atoms with Crippen LogP contribution in [0, 0.1) is 28.1 Å². The Morgan fingerprint density at radius 1 is 0.660 bits per heavy atom. The zero-order chi connectivity index (χ0) is 36.7. The van der Waals surface area contributed by atoms with Gasteiger partial charge in [-0.1, -0.05) is 205 Å². The summed E-state index contributed by atoms with van der Waals surface area (Å²) in [4.78, 5) is 0. The highest BCUT2D eigenvalue weighted by atomic mass is 16.5. The second-order valence-corrected chi connectivity index (χ2v) is 16.3. The summed E-state index contributed by atoms with van der Waals surface area (Å²) >= 11 is 0. The van der Waals surface area contributed by atoms with Gasteiger partial charge in [-0.15, -0.1) is 0 Å². The van der Waals surface area contributed by atoms with Crippen LogP contribution in [0.25, 0.3) is 11.1 Å². The fraction of sp³-hybridized carbons (Fsp3) is 0.385. The first-order chi connectivity index (χ1) is 26.0. The molecule has 1 heteroatoms. The standard InChI is InChI=1S/C52H60O/c1-5-6-23-37-52(50(3)36-24-22-25-40(50)2)48(44-32-18-10-19-33-44)49(53-4)46(38-41-26-12-7-13-27-41)47(43-30-16-9-17-31-43)51(52,45-34-20-11-21-35-45)39-42-28-14-8-15-29-42/h7-10,12-19,22,24-33,36,40,45H,5-6,11,20-21,23,34-35,37-39H2,1-4H3. The lowest BCUT2D eigenvalue weighted by Crippen LogP contribution is -2.61. The van der Waals surface area contributed by atoms with Gasteiger partial charge in [0.15, 0.2) is 0 Å². The van der Waals surface area contributed by atoms with Gasteiger partial charge in [0.25, 0.3) is 0 Å². The molecule has 3 aliphatic carbocycles. The topological polar surface area (TPSA) is 9.23 Å². The second-order valence-electron chi connectivity index (χ2n) is 16.3. The minimum atomic E-state index is -0.314. The molecule has 0 N–H and O–H groups in total. The predicted octanol–water partition coefficient (Wildman–Crippen LogP) is 13.9. The fourth-order valence-electron chi connectivity index (χ4n) is 11.2. The van der Waals surface area contributed by atoms with Crippen molar-refractivity contribution in [3.05, 3.63) is 179 Å². The third kappa shape index (κ3) is 6.60. The zero-order valence-corrected chi connectivity index (χ0v) is 32.7. The minimum absolute atomic E-state index is 0.213. The van der Waals surface area contributed by atoms with E-state index < -0.39 is 0 Å². The van der Waals surface area contributed by atoms with Crippen molar-refractivity contribution in [2.24, 2.45) is 28.1 Å². The van der Waals surface area contributed by atoms with E-state index in [1.54, 1.807) is 0 Å². The molecule has 3 aliphatic rings. The Kier molecular flexibility index (Phi) is 11.4. The summed E-state index contributed by atoms with van der Waals surface area (Å²) < 4.78 is 7.04. The van der Waals surface area contributed by atoms with Gasteiger partial charge < -0.3 is 4.74 Å². The molecule has 1 saturated carbocycles. The first-order valence-corrected chi connectivity index (χ1v) is 20.6. The quantitative estimate of drug-likeness (QED) is 0.126. The number of ether oxygens (including phenoxy) is 1. The summed E-state index contributed by atoms with van der Waals surface area (Å²) in [5, 5.41) is 0. The van der Waals surface area contributed by atoms with Gasteiger partial charge in [0, 0.05) is 33.8 Å². The highest BCUT2D eigenvalue weighted by molar-refractivity contribution is 5.91. The molecule has 4 atom stereocenters. The van der Waals surface area contributed by atoms with Gasteiger partial charge in [-0.05, 0) is 65.3 Å². The largest absolute Gasteiger partial charge is 0.496 e. The van der Waals surface area contributed by atoms with E-state index in [2.05, 4.69) is 166 Å². The number of rotatable bonds is 13. The third-order valence-electron chi connectivity index (χ3n) is 13.6. The zero-order valence-electron chi connectivity index (χ0n) is 32.7. The molecule has 1 nitrogen and oxygen atoms in total. The van der Waals surface area contributed by atoms with Crippen LogP contribution in [0.5, 0.6) is 0 Å². The third-order valence-corrected chi connectivity index (χ3v) is 13.6. The van der Waals surface area contributed by atoms with Gasteiger partial charge in [0.2, 0.25) is 0 Å². The Morgan fingerprint density at radius 2 is 1.23 bits per heavy atom. The maximum Gasteiger partial charge on any atom is 0.127 e. The molecule has 0 radical (unpaired) electrons. The smallest absolute Gasteiger partial charge is 0.127 e. The Morgan fingerprint density at radius 3 is 1.79 bits per heavy atom. The van der Waals surface area contributed by atoms with Gasteiger partial charge in [-0.3, -0.25) is 0 Å². The minimum Gasteiger partial charge on any atom is -0.496 e. The lowest BCUT2D eigenvalue weighted by molar-refractivity contribution is -0.0474. The lowest BCUT2D eigenvalue weighted by Gasteiger charge is -2.68. The summed E-state index contributed by atoms with van der Waals surface area (Å²) in [6.45, 7) is 7.49. The summed E-state index contributed by atoms with van der Waals surface area (Å²) in [6.07, 6.45) is 22.6. The summed E-state index contributed by atoms with van der Waals surface area (Å²) in [7, 11) is 1.95. The monoisotopic (exact) mass is 700 g/mol. The second kappa shape index (κ2) is 16.3. The first kappa shape index (κ1) is 37.0. The number of unbranched alkanes of at least 4 members (excludes halogenated alkanes) is 2. The van der Waals surface area contributed by atoms with E-state index in [0.29, 0.717) is 11.8 Å². The summed E-state index contributed by atoms with van der Waals surface area (Å²) in [6, 6.07) is 45.8. The Balaban J connectivity index is 1.74. The molecule has 0 aliphatic heterocycles. The van der Waals surface area contributed by atoms with Crippen LogP contribution in [0.1, 0.15) is 101 Å². The molecular formula is C52H60O. The van der Waals surface area contributed by atoms with Crippen LogP contribution >= 0.6 is 0 Å². The molecule has 53 heavy (non-hydrogen) atoms. The van der Waals surface area contributed by atoms with Crippen molar-refractivity contribution in [2.75, 3.05) is 7.11 Å². The summed E-state index contributed by atoms with van der Waals surface area (Å²) in [5.41, 5.74) is 8.97.